The molecule has 1 unspecified atom stereocenters. The number of hydrogen-bond acceptors (Lipinski definition) is 6. The van der Waals surface area contributed by atoms with Gasteiger partial charge in [0.1, 0.15) is 0 Å². The monoisotopic (exact) mass is 383 g/mol. The lowest BCUT2D eigenvalue weighted by atomic mass is 10.1. The maximum absolute atomic E-state index is 12.2. The first kappa shape index (κ1) is 19.2. The van der Waals surface area contributed by atoms with Gasteiger partial charge in [0.15, 0.2) is 0 Å². The van der Waals surface area contributed by atoms with Crippen LogP contribution in [0.15, 0.2) is 41.5 Å². The summed E-state index contributed by atoms with van der Waals surface area (Å²) in [4.78, 5) is 21.3. The number of pyridine rings is 1. The van der Waals surface area contributed by atoms with Gasteiger partial charge in [0.2, 0.25) is 0 Å². The Hall–Kier alpha value is -2.09. The highest BCUT2D eigenvalue weighted by Crippen LogP contribution is 2.15. The van der Waals surface area contributed by atoms with Crippen LogP contribution < -0.4 is 5.56 Å². The van der Waals surface area contributed by atoms with Crippen LogP contribution in [-0.4, -0.2) is 76.5 Å². The fourth-order valence-electron chi connectivity index (χ4n) is 3.95. The topological polar surface area (TPSA) is 63.5 Å². The molecule has 0 radical (unpaired) electrons. The van der Waals surface area contributed by atoms with Crippen molar-refractivity contribution in [3.05, 3.63) is 47.0 Å². The molecule has 4 heterocycles. The smallest absolute Gasteiger partial charge is 0.266 e. The molecule has 0 spiro atoms. The third-order valence-electron chi connectivity index (χ3n) is 5.65. The number of aromatic nitrogens is 3. The summed E-state index contributed by atoms with van der Waals surface area (Å²) in [7, 11) is 0. The second-order valence-corrected chi connectivity index (χ2v) is 7.65. The molecule has 7 heteroatoms. The molecule has 0 aromatic carbocycles. The summed E-state index contributed by atoms with van der Waals surface area (Å²) in [6.07, 6.45) is 7.62. The maximum atomic E-state index is 12.2. The van der Waals surface area contributed by atoms with Gasteiger partial charge in [-0.1, -0.05) is 0 Å². The normalized spacial score (nSPS) is 21.6. The Kier molecular flexibility index (Phi) is 6.46. The van der Waals surface area contributed by atoms with E-state index < -0.39 is 0 Å². The molecule has 0 aliphatic carbocycles. The van der Waals surface area contributed by atoms with Crippen molar-refractivity contribution in [2.75, 3.05) is 45.9 Å². The molecular formula is C21H29N5O2. The average molecular weight is 383 g/mol. The van der Waals surface area contributed by atoms with Crippen molar-refractivity contribution in [2.24, 2.45) is 0 Å². The van der Waals surface area contributed by atoms with E-state index >= 15 is 0 Å². The van der Waals surface area contributed by atoms with Crippen molar-refractivity contribution < 1.29 is 4.74 Å². The average Bonchev–Trinajstić information content (AvgIpc) is 2.75. The SMILES string of the molecule is O=c1ccc(-c2cccnc2)nn1CCN1CCN(CC2CCCCO2)CC1. The number of ether oxygens (including phenoxy) is 1. The molecule has 2 saturated heterocycles. The van der Waals surface area contributed by atoms with Gasteiger partial charge in [0.05, 0.1) is 18.3 Å². The zero-order valence-electron chi connectivity index (χ0n) is 16.4. The summed E-state index contributed by atoms with van der Waals surface area (Å²) in [6, 6.07) is 7.20. The Morgan fingerprint density at radius 2 is 1.89 bits per heavy atom. The summed E-state index contributed by atoms with van der Waals surface area (Å²) >= 11 is 0. The molecule has 7 nitrogen and oxygen atoms in total. The first-order chi connectivity index (χ1) is 13.8. The van der Waals surface area contributed by atoms with Gasteiger partial charge in [-0.05, 0) is 37.5 Å². The summed E-state index contributed by atoms with van der Waals surface area (Å²) < 4.78 is 7.44. The van der Waals surface area contributed by atoms with Crippen molar-refractivity contribution in [3.63, 3.8) is 0 Å². The van der Waals surface area contributed by atoms with Gasteiger partial charge in [-0.15, -0.1) is 0 Å². The molecule has 0 bridgehead atoms. The molecule has 2 aromatic heterocycles. The summed E-state index contributed by atoms with van der Waals surface area (Å²) in [5.41, 5.74) is 1.65. The molecule has 2 aromatic rings. The van der Waals surface area contributed by atoms with Gasteiger partial charge in [0.25, 0.3) is 5.56 Å². The van der Waals surface area contributed by atoms with Crippen LogP contribution in [0, 0.1) is 0 Å². The number of hydrogen-bond donors (Lipinski definition) is 0. The van der Waals surface area contributed by atoms with Gasteiger partial charge in [-0.2, -0.15) is 5.10 Å². The third kappa shape index (κ3) is 5.04. The highest BCUT2D eigenvalue weighted by atomic mass is 16.5. The van der Waals surface area contributed by atoms with Crippen LogP contribution in [0.3, 0.4) is 0 Å². The highest BCUT2D eigenvalue weighted by Gasteiger charge is 2.22. The third-order valence-corrected chi connectivity index (χ3v) is 5.65. The Bertz CT molecular complexity index is 796. The Balaban J connectivity index is 1.28. The predicted octanol–water partition coefficient (Wildman–Crippen LogP) is 1.49. The minimum atomic E-state index is -0.0549. The van der Waals surface area contributed by atoms with E-state index in [1.165, 1.54) is 19.3 Å². The summed E-state index contributed by atoms with van der Waals surface area (Å²) in [6.45, 7) is 7.63. The van der Waals surface area contributed by atoms with Gasteiger partial charge < -0.3 is 4.74 Å². The van der Waals surface area contributed by atoms with E-state index in [4.69, 9.17) is 4.74 Å². The van der Waals surface area contributed by atoms with Gasteiger partial charge in [-0.3, -0.25) is 19.6 Å². The first-order valence-electron chi connectivity index (χ1n) is 10.3. The predicted molar refractivity (Wildman–Crippen MR) is 108 cm³/mol. The molecule has 0 N–H and O–H groups in total. The molecule has 1 atom stereocenters. The van der Waals surface area contributed by atoms with Crippen LogP contribution in [0.2, 0.25) is 0 Å². The van der Waals surface area contributed by atoms with Crippen LogP contribution >= 0.6 is 0 Å². The second kappa shape index (κ2) is 9.41. The molecule has 0 amide bonds. The van der Waals surface area contributed by atoms with Gasteiger partial charge in [-0.25, -0.2) is 4.68 Å². The van der Waals surface area contributed by atoms with Crippen molar-refractivity contribution in [1.82, 2.24) is 24.6 Å². The van der Waals surface area contributed by atoms with Crippen LogP contribution in [0.25, 0.3) is 11.3 Å². The summed E-state index contributed by atoms with van der Waals surface area (Å²) in [5, 5.41) is 4.53. The first-order valence-corrected chi connectivity index (χ1v) is 10.3. The Labute approximate surface area is 165 Å². The zero-order valence-corrected chi connectivity index (χ0v) is 16.4. The highest BCUT2D eigenvalue weighted by molar-refractivity contribution is 5.56. The molecule has 150 valence electrons. The van der Waals surface area contributed by atoms with Crippen LogP contribution in [-0.2, 0) is 11.3 Å². The van der Waals surface area contributed by atoms with E-state index in [0.29, 0.717) is 12.6 Å². The number of rotatable bonds is 6. The van der Waals surface area contributed by atoms with Gasteiger partial charge >= 0.3 is 0 Å². The number of piperazine rings is 1. The Morgan fingerprint density at radius 1 is 1.04 bits per heavy atom. The van der Waals surface area contributed by atoms with Gasteiger partial charge in [0, 0.05) is 69.9 Å². The van der Waals surface area contributed by atoms with Crippen molar-refractivity contribution >= 4 is 0 Å². The molecule has 2 aliphatic rings. The van der Waals surface area contributed by atoms with Crippen molar-refractivity contribution in [3.8, 4) is 11.3 Å². The van der Waals surface area contributed by atoms with E-state index in [1.807, 2.05) is 12.1 Å². The van der Waals surface area contributed by atoms with Crippen LogP contribution in [0.5, 0.6) is 0 Å². The van der Waals surface area contributed by atoms with E-state index in [0.717, 1.165) is 57.1 Å². The molecular weight excluding hydrogens is 354 g/mol. The van der Waals surface area contributed by atoms with E-state index in [1.54, 1.807) is 29.2 Å². The minimum absolute atomic E-state index is 0.0549. The molecule has 0 saturated carbocycles. The second-order valence-electron chi connectivity index (χ2n) is 7.65. The zero-order chi connectivity index (χ0) is 19.2. The van der Waals surface area contributed by atoms with Crippen molar-refractivity contribution in [2.45, 2.75) is 31.9 Å². The van der Waals surface area contributed by atoms with E-state index in [-0.39, 0.29) is 5.56 Å². The molecule has 28 heavy (non-hydrogen) atoms. The Morgan fingerprint density at radius 3 is 2.64 bits per heavy atom. The molecule has 2 fully saturated rings. The fourth-order valence-corrected chi connectivity index (χ4v) is 3.95. The lowest BCUT2D eigenvalue weighted by Crippen LogP contribution is -2.50. The van der Waals surface area contributed by atoms with Crippen LogP contribution in [0.1, 0.15) is 19.3 Å². The fraction of sp³-hybridized carbons (Fsp3) is 0.571. The molecule has 2 aliphatic heterocycles. The standard InChI is InChI=1S/C21H29N5O2/c27-21-7-6-20(18-4-3-8-22-16-18)23-26(21)14-13-24-9-11-25(12-10-24)17-19-5-1-2-15-28-19/h3-4,6-8,16,19H,1-2,5,9-15,17H2. The molecule has 4 rings (SSSR count). The van der Waals surface area contributed by atoms with Crippen LogP contribution in [0.4, 0.5) is 0 Å². The summed E-state index contributed by atoms with van der Waals surface area (Å²) in [5.74, 6) is 0. The largest absolute Gasteiger partial charge is 0.377 e. The quantitative estimate of drug-likeness (QED) is 0.753. The van der Waals surface area contributed by atoms with E-state index in [2.05, 4.69) is 19.9 Å². The minimum Gasteiger partial charge on any atom is -0.377 e. The lowest BCUT2D eigenvalue weighted by Gasteiger charge is -2.37. The lowest BCUT2D eigenvalue weighted by molar-refractivity contribution is -0.0142. The van der Waals surface area contributed by atoms with Crippen molar-refractivity contribution in [1.29, 1.82) is 0 Å². The number of nitrogens with zero attached hydrogens (tertiary/aromatic N) is 5. The maximum Gasteiger partial charge on any atom is 0.266 e. The van der Waals surface area contributed by atoms with E-state index in [9.17, 15) is 4.79 Å².